The van der Waals surface area contributed by atoms with E-state index in [1.807, 2.05) is 31.2 Å². The van der Waals surface area contributed by atoms with Crippen LogP contribution >= 0.6 is 11.8 Å². The number of thioether (sulfide) groups is 1. The lowest BCUT2D eigenvalue weighted by Gasteiger charge is -2.04. The Hall–Kier alpha value is -3.19. The van der Waals surface area contributed by atoms with Crippen LogP contribution in [0.5, 0.6) is 11.5 Å². The van der Waals surface area contributed by atoms with E-state index in [-0.39, 0.29) is 23.7 Å². The quantitative estimate of drug-likeness (QED) is 0.680. The smallest absolute Gasteiger partial charge is 0.344 e. The summed E-state index contributed by atoms with van der Waals surface area (Å²) in [6.45, 7) is 3.84. The number of phenols is 1. The number of rotatable bonds is 5. The number of ether oxygens (including phenoxy) is 2. The van der Waals surface area contributed by atoms with Gasteiger partial charge in [-0.15, -0.1) is 0 Å². The summed E-state index contributed by atoms with van der Waals surface area (Å²) in [4.78, 5) is 17.3. The van der Waals surface area contributed by atoms with Gasteiger partial charge in [0.2, 0.25) is 0 Å². The number of aromatic hydroxyl groups is 1. The molecule has 29 heavy (non-hydrogen) atoms. The number of phenolic OH excluding ortho intramolecular Hbond substituents is 1. The van der Waals surface area contributed by atoms with E-state index in [0.717, 1.165) is 17.3 Å². The van der Waals surface area contributed by atoms with E-state index in [9.17, 15) is 15.0 Å². The summed E-state index contributed by atoms with van der Waals surface area (Å²) in [5.41, 5.74) is 2.19. The van der Waals surface area contributed by atoms with Crippen molar-refractivity contribution in [2.75, 3.05) is 13.7 Å². The van der Waals surface area contributed by atoms with Gasteiger partial charge in [0.05, 0.1) is 24.3 Å². The molecule has 2 aromatic carbocycles. The molecular weight excluding hydrogens is 390 g/mol. The fourth-order valence-electron chi connectivity index (χ4n) is 2.64. The molecule has 1 heterocycles. The zero-order valence-electron chi connectivity index (χ0n) is 16.3. The Morgan fingerprint density at radius 2 is 1.90 bits per heavy atom. The summed E-state index contributed by atoms with van der Waals surface area (Å²) in [6.07, 6.45) is 1.58. The standard InChI is InChI=1S/C22H21NO5S/c1-4-28-22(26)19-20(25)18(12-14-11-16(27-3)9-10-17(14)24)29-21(19)23-15-7-5-13(2)6-8-15/h5-12,24-25H,4H2,1-3H3/b18-12+,23-21?. The molecular formula is C22H21NO5S. The molecule has 0 saturated carbocycles. The minimum atomic E-state index is -0.651. The number of benzene rings is 2. The zero-order valence-corrected chi connectivity index (χ0v) is 17.1. The van der Waals surface area contributed by atoms with Crippen molar-refractivity contribution >= 4 is 34.5 Å². The molecule has 0 atom stereocenters. The lowest BCUT2D eigenvalue weighted by atomic mass is 10.1. The molecule has 2 N–H and O–H groups in total. The first kappa shape index (κ1) is 20.5. The van der Waals surface area contributed by atoms with Crippen molar-refractivity contribution in [3.8, 4) is 11.5 Å². The molecule has 7 heteroatoms. The minimum Gasteiger partial charge on any atom is -0.507 e. The van der Waals surface area contributed by atoms with E-state index in [1.165, 1.54) is 13.2 Å². The first-order valence-electron chi connectivity index (χ1n) is 8.96. The van der Waals surface area contributed by atoms with Gasteiger partial charge in [0, 0.05) is 5.56 Å². The largest absolute Gasteiger partial charge is 0.507 e. The number of aryl methyl sites for hydroxylation is 1. The molecule has 1 aliphatic heterocycles. The van der Waals surface area contributed by atoms with E-state index >= 15 is 0 Å². The molecule has 1 aliphatic rings. The Kier molecular flexibility index (Phi) is 6.29. The molecule has 0 radical (unpaired) electrons. The second-order valence-corrected chi connectivity index (χ2v) is 7.26. The van der Waals surface area contributed by atoms with Gasteiger partial charge in [-0.05, 0) is 50.3 Å². The van der Waals surface area contributed by atoms with E-state index < -0.39 is 5.97 Å². The second kappa shape index (κ2) is 8.87. The van der Waals surface area contributed by atoms with Crippen LogP contribution in [0.25, 0.3) is 6.08 Å². The zero-order chi connectivity index (χ0) is 21.0. The average molecular weight is 411 g/mol. The van der Waals surface area contributed by atoms with Crippen LogP contribution in [0.4, 0.5) is 5.69 Å². The summed E-state index contributed by atoms with van der Waals surface area (Å²) in [5.74, 6) is -0.309. The van der Waals surface area contributed by atoms with E-state index in [1.54, 1.807) is 25.1 Å². The van der Waals surface area contributed by atoms with Gasteiger partial charge in [0.25, 0.3) is 0 Å². The fourth-order valence-corrected chi connectivity index (χ4v) is 3.67. The first-order chi connectivity index (χ1) is 13.9. The maximum atomic E-state index is 12.4. The number of carbonyl (C=O) groups excluding carboxylic acids is 1. The third kappa shape index (κ3) is 4.63. The number of nitrogens with zero attached hydrogens (tertiary/aromatic N) is 1. The van der Waals surface area contributed by atoms with Crippen molar-refractivity contribution < 1.29 is 24.5 Å². The number of esters is 1. The molecule has 0 spiro atoms. The van der Waals surface area contributed by atoms with Crippen molar-refractivity contribution in [3.63, 3.8) is 0 Å². The third-order valence-corrected chi connectivity index (χ3v) is 5.18. The number of hydrogen-bond acceptors (Lipinski definition) is 7. The molecule has 0 saturated heterocycles. The molecule has 2 aromatic rings. The Morgan fingerprint density at radius 1 is 1.17 bits per heavy atom. The lowest BCUT2D eigenvalue weighted by Crippen LogP contribution is -2.12. The SMILES string of the molecule is CCOC(=O)C1=C(O)/C(=C\c2cc(OC)ccc2O)SC1=Nc1ccc(C)cc1. The number of aliphatic imine (C=N–C) groups is 1. The Bertz CT molecular complexity index is 1020. The molecule has 3 rings (SSSR count). The number of hydrogen-bond donors (Lipinski definition) is 2. The minimum absolute atomic E-state index is 0.00561. The van der Waals surface area contributed by atoms with Crippen LogP contribution in [-0.4, -0.2) is 34.9 Å². The van der Waals surface area contributed by atoms with Crippen LogP contribution < -0.4 is 4.74 Å². The highest BCUT2D eigenvalue weighted by molar-refractivity contribution is 8.18. The molecule has 6 nitrogen and oxygen atoms in total. The fraction of sp³-hybridized carbons (Fsp3) is 0.182. The summed E-state index contributed by atoms with van der Waals surface area (Å²) in [5, 5.41) is 21.2. The lowest BCUT2D eigenvalue weighted by molar-refractivity contribution is -0.138. The normalized spacial score (nSPS) is 16.5. The molecule has 150 valence electrons. The Balaban J connectivity index is 2.06. The van der Waals surface area contributed by atoms with Crippen LogP contribution in [0.3, 0.4) is 0 Å². The van der Waals surface area contributed by atoms with Crippen LogP contribution in [-0.2, 0) is 9.53 Å². The van der Waals surface area contributed by atoms with Gasteiger partial charge in [0.1, 0.15) is 27.9 Å². The van der Waals surface area contributed by atoms with Crippen molar-refractivity contribution in [1.82, 2.24) is 0 Å². The second-order valence-electron chi connectivity index (χ2n) is 6.23. The van der Waals surface area contributed by atoms with Gasteiger partial charge in [-0.1, -0.05) is 29.5 Å². The van der Waals surface area contributed by atoms with Gasteiger partial charge in [-0.25, -0.2) is 9.79 Å². The average Bonchev–Trinajstić information content (AvgIpc) is 3.00. The predicted molar refractivity (Wildman–Crippen MR) is 115 cm³/mol. The van der Waals surface area contributed by atoms with E-state index in [0.29, 0.717) is 26.9 Å². The summed E-state index contributed by atoms with van der Waals surface area (Å²) in [6, 6.07) is 12.3. The Morgan fingerprint density at radius 3 is 2.55 bits per heavy atom. The summed E-state index contributed by atoms with van der Waals surface area (Å²) < 4.78 is 10.3. The maximum absolute atomic E-state index is 12.4. The first-order valence-corrected chi connectivity index (χ1v) is 9.77. The van der Waals surface area contributed by atoms with Crippen LogP contribution in [0, 0.1) is 6.92 Å². The van der Waals surface area contributed by atoms with E-state index in [2.05, 4.69) is 4.99 Å². The topological polar surface area (TPSA) is 88.4 Å². The monoisotopic (exact) mass is 411 g/mol. The van der Waals surface area contributed by atoms with E-state index in [4.69, 9.17) is 9.47 Å². The molecule has 0 bridgehead atoms. The number of carbonyl (C=O) groups is 1. The highest BCUT2D eigenvalue weighted by atomic mass is 32.2. The van der Waals surface area contributed by atoms with Crippen LogP contribution in [0.2, 0.25) is 0 Å². The molecule has 0 aliphatic carbocycles. The van der Waals surface area contributed by atoms with Gasteiger partial charge < -0.3 is 19.7 Å². The highest BCUT2D eigenvalue weighted by Gasteiger charge is 2.33. The number of methoxy groups -OCH3 is 1. The summed E-state index contributed by atoms with van der Waals surface area (Å²) in [7, 11) is 1.52. The molecule has 0 amide bonds. The van der Waals surface area contributed by atoms with Crippen molar-refractivity contribution in [3.05, 3.63) is 69.8 Å². The van der Waals surface area contributed by atoms with Crippen molar-refractivity contribution in [1.29, 1.82) is 0 Å². The summed E-state index contributed by atoms with van der Waals surface area (Å²) >= 11 is 1.13. The highest BCUT2D eigenvalue weighted by Crippen LogP contribution is 2.41. The Labute approximate surface area is 173 Å². The molecule has 0 fully saturated rings. The molecule has 0 unspecified atom stereocenters. The van der Waals surface area contributed by atoms with Crippen molar-refractivity contribution in [2.45, 2.75) is 13.8 Å². The van der Waals surface area contributed by atoms with Gasteiger partial charge >= 0.3 is 5.97 Å². The number of aliphatic hydroxyl groups is 1. The predicted octanol–water partition coefficient (Wildman–Crippen LogP) is 4.90. The third-order valence-electron chi connectivity index (χ3n) is 4.16. The van der Waals surface area contributed by atoms with Gasteiger partial charge in [-0.2, -0.15) is 0 Å². The van der Waals surface area contributed by atoms with Gasteiger partial charge in [-0.3, -0.25) is 0 Å². The van der Waals surface area contributed by atoms with Crippen molar-refractivity contribution in [2.24, 2.45) is 4.99 Å². The van der Waals surface area contributed by atoms with Gasteiger partial charge in [0.15, 0.2) is 0 Å². The molecule has 0 aromatic heterocycles. The maximum Gasteiger partial charge on any atom is 0.344 e. The van der Waals surface area contributed by atoms with Crippen LogP contribution in [0.15, 0.2) is 63.7 Å². The number of aliphatic hydroxyl groups excluding tert-OH is 1. The van der Waals surface area contributed by atoms with Crippen LogP contribution in [0.1, 0.15) is 18.1 Å².